The van der Waals surface area contributed by atoms with Crippen LogP contribution in [0.15, 0.2) is 42.7 Å². The van der Waals surface area contributed by atoms with Gasteiger partial charge in [-0.25, -0.2) is 0 Å². The van der Waals surface area contributed by atoms with E-state index in [0.29, 0.717) is 0 Å². The van der Waals surface area contributed by atoms with Gasteiger partial charge in [0.2, 0.25) is 0 Å². The average molecular weight is 283 g/mol. The molecule has 3 nitrogen and oxygen atoms in total. The van der Waals surface area contributed by atoms with Gasteiger partial charge in [-0.1, -0.05) is 18.2 Å². The fourth-order valence-electron chi connectivity index (χ4n) is 2.32. The lowest BCUT2D eigenvalue weighted by molar-refractivity contribution is 0.276. The van der Waals surface area contributed by atoms with Crippen molar-refractivity contribution in [2.45, 2.75) is 13.5 Å². The first-order valence-electron chi connectivity index (χ1n) is 7.39. The van der Waals surface area contributed by atoms with Crippen LogP contribution in [0.5, 0.6) is 0 Å². The molecule has 1 heterocycles. The van der Waals surface area contributed by atoms with Crippen molar-refractivity contribution in [1.29, 1.82) is 0 Å². The second kappa shape index (κ2) is 7.34. The molecule has 1 aromatic carbocycles. The predicted molar refractivity (Wildman–Crippen MR) is 89.3 cm³/mol. The van der Waals surface area contributed by atoms with E-state index < -0.39 is 0 Å². The highest BCUT2D eigenvalue weighted by Crippen LogP contribution is 2.21. The van der Waals surface area contributed by atoms with Gasteiger partial charge in [-0.05, 0) is 56.9 Å². The molecule has 0 bridgehead atoms. The number of aryl methyl sites for hydroxylation is 1. The van der Waals surface area contributed by atoms with Crippen LogP contribution in [0.3, 0.4) is 0 Å². The van der Waals surface area contributed by atoms with E-state index in [1.165, 1.54) is 22.3 Å². The van der Waals surface area contributed by atoms with Crippen LogP contribution in [0.2, 0.25) is 0 Å². The maximum atomic E-state index is 4.28. The van der Waals surface area contributed by atoms with Gasteiger partial charge in [-0.15, -0.1) is 0 Å². The predicted octanol–water partition coefficient (Wildman–Crippen LogP) is 3.05. The maximum Gasteiger partial charge on any atom is 0.0346 e. The SMILES string of the molecule is Cc1cncc(-c2cccc(CN(C)CCN(C)C)c2)c1. The highest BCUT2D eigenvalue weighted by Gasteiger charge is 2.04. The average Bonchev–Trinajstić information content (AvgIpc) is 2.45. The normalized spacial score (nSPS) is 11.3. The van der Waals surface area contributed by atoms with Gasteiger partial charge in [0.05, 0.1) is 0 Å². The van der Waals surface area contributed by atoms with Crippen LogP contribution in [0, 0.1) is 6.92 Å². The minimum Gasteiger partial charge on any atom is -0.308 e. The monoisotopic (exact) mass is 283 g/mol. The zero-order chi connectivity index (χ0) is 15.2. The van der Waals surface area contributed by atoms with Crippen molar-refractivity contribution in [2.24, 2.45) is 0 Å². The summed E-state index contributed by atoms with van der Waals surface area (Å²) < 4.78 is 0. The highest BCUT2D eigenvalue weighted by atomic mass is 15.1. The van der Waals surface area contributed by atoms with Gasteiger partial charge in [0.25, 0.3) is 0 Å². The lowest BCUT2D eigenvalue weighted by atomic mass is 10.0. The summed E-state index contributed by atoms with van der Waals surface area (Å²) in [6.45, 7) is 5.21. The Balaban J connectivity index is 2.07. The van der Waals surface area contributed by atoms with Crippen LogP contribution in [0.1, 0.15) is 11.1 Å². The molecular formula is C18H25N3. The van der Waals surface area contributed by atoms with E-state index in [1.807, 2.05) is 12.4 Å². The Kier molecular flexibility index (Phi) is 5.48. The lowest BCUT2D eigenvalue weighted by Crippen LogP contribution is -2.28. The van der Waals surface area contributed by atoms with E-state index in [0.717, 1.165) is 19.6 Å². The third kappa shape index (κ3) is 4.96. The molecule has 0 spiro atoms. The summed E-state index contributed by atoms with van der Waals surface area (Å²) in [5.41, 5.74) is 4.97. The van der Waals surface area contributed by atoms with Crippen molar-refractivity contribution in [1.82, 2.24) is 14.8 Å². The number of pyridine rings is 1. The summed E-state index contributed by atoms with van der Waals surface area (Å²) >= 11 is 0. The fourth-order valence-corrected chi connectivity index (χ4v) is 2.32. The molecule has 112 valence electrons. The first kappa shape index (κ1) is 15.7. The third-order valence-electron chi connectivity index (χ3n) is 3.52. The molecule has 0 radical (unpaired) electrons. The molecule has 0 amide bonds. The molecule has 1 aromatic heterocycles. The second-order valence-electron chi connectivity index (χ2n) is 5.99. The molecule has 3 heteroatoms. The van der Waals surface area contributed by atoms with Crippen molar-refractivity contribution >= 4 is 0 Å². The van der Waals surface area contributed by atoms with Crippen molar-refractivity contribution in [3.8, 4) is 11.1 Å². The largest absolute Gasteiger partial charge is 0.308 e. The van der Waals surface area contributed by atoms with Crippen LogP contribution >= 0.6 is 0 Å². The van der Waals surface area contributed by atoms with Crippen LogP contribution in [-0.2, 0) is 6.54 Å². The van der Waals surface area contributed by atoms with E-state index >= 15 is 0 Å². The fraction of sp³-hybridized carbons (Fsp3) is 0.389. The molecular weight excluding hydrogens is 258 g/mol. The smallest absolute Gasteiger partial charge is 0.0346 e. The van der Waals surface area contributed by atoms with Crippen molar-refractivity contribution in [3.05, 3.63) is 53.9 Å². The molecule has 0 aliphatic carbocycles. The Morgan fingerprint density at radius 1 is 0.952 bits per heavy atom. The van der Waals surface area contributed by atoms with E-state index in [4.69, 9.17) is 0 Å². The molecule has 0 fully saturated rings. The van der Waals surface area contributed by atoms with Crippen LogP contribution in [0.4, 0.5) is 0 Å². The molecule has 0 atom stereocenters. The summed E-state index contributed by atoms with van der Waals surface area (Å²) in [5.74, 6) is 0. The van der Waals surface area contributed by atoms with E-state index in [-0.39, 0.29) is 0 Å². The van der Waals surface area contributed by atoms with E-state index in [9.17, 15) is 0 Å². The summed E-state index contributed by atoms with van der Waals surface area (Å²) in [6, 6.07) is 10.9. The lowest BCUT2D eigenvalue weighted by Gasteiger charge is -2.19. The van der Waals surface area contributed by atoms with Gasteiger partial charge in [0, 0.05) is 37.6 Å². The Morgan fingerprint density at radius 3 is 2.48 bits per heavy atom. The zero-order valence-corrected chi connectivity index (χ0v) is 13.5. The minimum atomic E-state index is 0.973. The first-order valence-corrected chi connectivity index (χ1v) is 7.39. The molecule has 0 saturated carbocycles. The van der Waals surface area contributed by atoms with Crippen LogP contribution < -0.4 is 0 Å². The molecule has 0 N–H and O–H groups in total. The summed E-state index contributed by atoms with van der Waals surface area (Å²) in [6.07, 6.45) is 3.82. The molecule has 0 saturated heterocycles. The Hall–Kier alpha value is -1.71. The highest BCUT2D eigenvalue weighted by molar-refractivity contribution is 5.63. The number of nitrogens with zero attached hydrogens (tertiary/aromatic N) is 3. The molecule has 2 aromatic rings. The molecule has 0 aliphatic rings. The number of rotatable bonds is 6. The maximum absolute atomic E-state index is 4.28. The zero-order valence-electron chi connectivity index (χ0n) is 13.5. The molecule has 21 heavy (non-hydrogen) atoms. The molecule has 0 aliphatic heterocycles. The van der Waals surface area contributed by atoms with E-state index in [2.05, 4.69) is 73.2 Å². The standard InChI is InChI=1S/C18H25N3/c1-15-10-18(13-19-12-15)17-7-5-6-16(11-17)14-21(4)9-8-20(2)3/h5-7,10-13H,8-9,14H2,1-4H3. The van der Waals surface area contributed by atoms with E-state index in [1.54, 1.807) is 0 Å². The van der Waals surface area contributed by atoms with Gasteiger partial charge < -0.3 is 9.80 Å². The summed E-state index contributed by atoms with van der Waals surface area (Å²) in [5, 5.41) is 0. The second-order valence-corrected chi connectivity index (χ2v) is 5.99. The molecule has 2 rings (SSSR count). The summed E-state index contributed by atoms with van der Waals surface area (Å²) in [7, 11) is 6.39. The number of benzene rings is 1. The third-order valence-corrected chi connectivity index (χ3v) is 3.52. The van der Waals surface area contributed by atoms with Crippen molar-refractivity contribution in [2.75, 3.05) is 34.2 Å². The van der Waals surface area contributed by atoms with Gasteiger partial charge in [0.1, 0.15) is 0 Å². The Labute approximate surface area is 128 Å². The number of hydrogen-bond donors (Lipinski definition) is 0. The number of likely N-dealkylation sites (N-methyl/N-ethyl adjacent to an activating group) is 2. The van der Waals surface area contributed by atoms with Crippen molar-refractivity contribution < 1.29 is 0 Å². The Bertz CT molecular complexity index is 578. The summed E-state index contributed by atoms with van der Waals surface area (Å²) in [4.78, 5) is 8.85. The van der Waals surface area contributed by atoms with Gasteiger partial charge in [0.15, 0.2) is 0 Å². The van der Waals surface area contributed by atoms with Gasteiger partial charge in [-0.2, -0.15) is 0 Å². The first-order chi connectivity index (χ1) is 10.0. The van der Waals surface area contributed by atoms with Gasteiger partial charge >= 0.3 is 0 Å². The number of hydrogen-bond acceptors (Lipinski definition) is 3. The Morgan fingerprint density at radius 2 is 1.76 bits per heavy atom. The van der Waals surface area contributed by atoms with Crippen molar-refractivity contribution in [3.63, 3.8) is 0 Å². The molecule has 0 unspecified atom stereocenters. The topological polar surface area (TPSA) is 19.4 Å². The number of aromatic nitrogens is 1. The quantitative estimate of drug-likeness (QED) is 0.812. The minimum absolute atomic E-state index is 0.973. The van der Waals surface area contributed by atoms with Crippen LogP contribution in [-0.4, -0.2) is 49.0 Å². The van der Waals surface area contributed by atoms with Gasteiger partial charge in [-0.3, -0.25) is 4.98 Å². The van der Waals surface area contributed by atoms with Crippen LogP contribution in [0.25, 0.3) is 11.1 Å².